The molecular weight excluding hydrogens is 494 g/mol. The van der Waals surface area contributed by atoms with Gasteiger partial charge in [0.25, 0.3) is 11.7 Å². The van der Waals surface area contributed by atoms with E-state index >= 15 is 0 Å². The number of aromatic hydroxyl groups is 1. The summed E-state index contributed by atoms with van der Waals surface area (Å²) in [7, 11) is 0. The van der Waals surface area contributed by atoms with Gasteiger partial charge in [-0.25, -0.2) is 0 Å². The van der Waals surface area contributed by atoms with Crippen LogP contribution in [0.25, 0.3) is 5.76 Å². The Morgan fingerprint density at radius 1 is 1.14 bits per heavy atom. The molecule has 2 unspecified atom stereocenters. The van der Waals surface area contributed by atoms with Gasteiger partial charge >= 0.3 is 0 Å². The molecule has 2 atom stereocenters. The Balaban J connectivity index is 1.72. The van der Waals surface area contributed by atoms with E-state index in [1.807, 2.05) is 6.92 Å². The molecule has 2 aliphatic heterocycles. The van der Waals surface area contributed by atoms with E-state index in [4.69, 9.17) is 21.1 Å². The molecule has 0 saturated carbocycles. The zero-order chi connectivity index (χ0) is 26.4. The minimum atomic E-state index is -0.969. The van der Waals surface area contributed by atoms with Gasteiger partial charge in [-0.15, -0.1) is 0 Å². The maximum absolute atomic E-state index is 13.5. The lowest BCUT2D eigenvalue weighted by Gasteiger charge is -2.27. The third kappa shape index (κ3) is 4.29. The van der Waals surface area contributed by atoms with Crippen LogP contribution in [0.3, 0.4) is 0 Å². The molecule has 2 N–H and O–H groups in total. The number of anilines is 1. The second-order valence-corrected chi connectivity index (χ2v) is 9.65. The molecule has 7 nitrogen and oxygen atoms in total. The fourth-order valence-electron chi connectivity index (χ4n) is 4.98. The van der Waals surface area contributed by atoms with Crippen LogP contribution >= 0.6 is 11.6 Å². The fraction of sp³-hybridized carbons (Fsp3) is 0.241. The number of halogens is 1. The van der Waals surface area contributed by atoms with Crippen molar-refractivity contribution in [2.45, 2.75) is 39.3 Å². The molecule has 3 aromatic carbocycles. The molecule has 37 heavy (non-hydrogen) atoms. The van der Waals surface area contributed by atoms with Gasteiger partial charge in [-0.2, -0.15) is 0 Å². The van der Waals surface area contributed by atoms with Crippen molar-refractivity contribution in [3.8, 4) is 17.2 Å². The van der Waals surface area contributed by atoms with Gasteiger partial charge < -0.3 is 19.7 Å². The Bertz CT molecular complexity index is 1460. The summed E-state index contributed by atoms with van der Waals surface area (Å²) in [6, 6.07) is 13.9. The van der Waals surface area contributed by atoms with Crippen molar-refractivity contribution in [2.24, 2.45) is 0 Å². The van der Waals surface area contributed by atoms with E-state index in [2.05, 4.69) is 0 Å². The number of benzene rings is 3. The van der Waals surface area contributed by atoms with Crippen molar-refractivity contribution in [3.63, 3.8) is 0 Å². The van der Waals surface area contributed by atoms with E-state index < -0.39 is 17.7 Å². The van der Waals surface area contributed by atoms with Crippen LogP contribution in [0.15, 0.2) is 60.2 Å². The number of hydrogen-bond donors (Lipinski definition) is 2. The summed E-state index contributed by atoms with van der Waals surface area (Å²) in [5.74, 6) is -1.00. The number of rotatable bonds is 5. The highest BCUT2D eigenvalue weighted by atomic mass is 35.5. The largest absolute Gasteiger partial charge is 0.507 e. The zero-order valence-corrected chi connectivity index (χ0v) is 21.4. The van der Waals surface area contributed by atoms with Gasteiger partial charge in [0.05, 0.1) is 18.2 Å². The van der Waals surface area contributed by atoms with Gasteiger partial charge in [0.2, 0.25) is 0 Å². The summed E-state index contributed by atoms with van der Waals surface area (Å²) >= 11 is 6.16. The van der Waals surface area contributed by atoms with Crippen molar-refractivity contribution in [3.05, 3.63) is 87.4 Å². The number of ketones is 1. The molecule has 0 aromatic heterocycles. The van der Waals surface area contributed by atoms with Gasteiger partial charge in [-0.05, 0) is 86.0 Å². The number of ether oxygens (including phenoxy) is 2. The van der Waals surface area contributed by atoms with Crippen molar-refractivity contribution in [1.29, 1.82) is 0 Å². The number of phenolic OH excluding ortho intramolecular Hbond substituents is 1. The maximum Gasteiger partial charge on any atom is 0.300 e. The summed E-state index contributed by atoms with van der Waals surface area (Å²) < 4.78 is 11.3. The van der Waals surface area contributed by atoms with Gasteiger partial charge in [-0.1, -0.05) is 17.7 Å². The zero-order valence-electron chi connectivity index (χ0n) is 20.6. The maximum atomic E-state index is 13.5. The minimum absolute atomic E-state index is 0.0137. The van der Waals surface area contributed by atoms with Crippen LogP contribution in [-0.2, 0) is 16.0 Å². The second-order valence-electron chi connectivity index (χ2n) is 9.22. The first-order valence-electron chi connectivity index (χ1n) is 12.0. The lowest BCUT2D eigenvalue weighted by atomic mass is 9.94. The molecule has 0 bridgehead atoms. The highest BCUT2D eigenvalue weighted by molar-refractivity contribution is 6.51. The first kappa shape index (κ1) is 24.7. The molecule has 5 rings (SSSR count). The lowest BCUT2D eigenvalue weighted by Crippen LogP contribution is -2.30. The number of phenols is 1. The SMILES string of the molecule is CCOc1cc(C2/C(=C(\O)c3ccc4c(c3)CC(C)O4)C(=O)C(=O)N2c2ccc(Cl)cc2C)ccc1O. The molecule has 1 amide bonds. The number of aliphatic hydroxyl groups is 1. The number of carbonyl (C=O) groups excluding carboxylic acids is 2. The molecule has 1 fully saturated rings. The Labute approximate surface area is 219 Å². The van der Waals surface area contributed by atoms with Crippen LogP contribution in [0.5, 0.6) is 17.2 Å². The van der Waals surface area contributed by atoms with E-state index in [0.717, 1.165) is 11.3 Å². The Morgan fingerprint density at radius 2 is 1.92 bits per heavy atom. The molecule has 2 heterocycles. The van der Waals surface area contributed by atoms with E-state index in [9.17, 15) is 19.8 Å². The van der Waals surface area contributed by atoms with Crippen LogP contribution in [0, 0.1) is 6.92 Å². The first-order chi connectivity index (χ1) is 17.7. The van der Waals surface area contributed by atoms with Crippen molar-refractivity contribution >= 4 is 34.7 Å². The second kappa shape index (κ2) is 9.48. The lowest BCUT2D eigenvalue weighted by molar-refractivity contribution is -0.132. The minimum Gasteiger partial charge on any atom is -0.507 e. The highest BCUT2D eigenvalue weighted by Gasteiger charge is 2.47. The van der Waals surface area contributed by atoms with Crippen molar-refractivity contribution in [2.75, 3.05) is 11.5 Å². The number of carbonyl (C=O) groups is 2. The summed E-state index contributed by atoms with van der Waals surface area (Å²) in [5.41, 5.74) is 2.94. The average Bonchev–Trinajstić information content (AvgIpc) is 3.36. The Hall–Kier alpha value is -3.97. The van der Waals surface area contributed by atoms with E-state index in [-0.39, 0.29) is 28.9 Å². The highest BCUT2D eigenvalue weighted by Crippen LogP contribution is 2.45. The third-order valence-corrected chi connectivity index (χ3v) is 6.87. The van der Waals surface area contributed by atoms with Gasteiger partial charge in [0.15, 0.2) is 11.5 Å². The van der Waals surface area contributed by atoms with Crippen LogP contribution in [0.4, 0.5) is 5.69 Å². The van der Waals surface area contributed by atoms with Crippen LogP contribution in [-0.4, -0.2) is 34.6 Å². The number of amides is 1. The Kier molecular flexibility index (Phi) is 6.33. The number of Topliss-reactive ketones (excluding diaryl/α,β-unsaturated/α-hetero) is 1. The molecule has 0 radical (unpaired) electrons. The van der Waals surface area contributed by atoms with Crippen LogP contribution < -0.4 is 14.4 Å². The van der Waals surface area contributed by atoms with Crippen LogP contribution in [0.1, 0.15) is 42.1 Å². The van der Waals surface area contributed by atoms with Gasteiger partial charge in [0.1, 0.15) is 17.6 Å². The Morgan fingerprint density at radius 3 is 2.65 bits per heavy atom. The standard InChI is InChI=1S/C29H26ClNO6/c1-4-36-24-14-17(5-9-22(24)32)26-25(27(33)18-6-10-23-19(13-18)12-16(3)37-23)28(34)29(35)31(26)21-8-7-20(30)11-15(21)2/h5-11,13-14,16,26,32-33H,4,12H2,1-3H3/b27-25+. The molecule has 190 valence electrons. The molecule has 8 heteroatoms. The van der Waals surface area contributed by atoms with Crippen molar-refractivity contribution < 1.29 is 29.3 Å². The number of hydrogen-bond acceptors (Lipinski definition) is 6. The normalized spacial score (nSPS) is 20.2. The topological polar surface area (TPSA) is 96.3 Å². The van der Waals surface area contributed by atoms with Crippen LogP contribution in [0.2, 0.25) is 5.02 Å². The van der Waals surface area contributed by atoms with Gasteiger partial charge in [-0.3, -0.25) is 14.5 Å². The number of aliphatic hydroxyl groups excluding tert-OH is 1. The molecule has 0 spiro atoms. The number of fused-ring (bicyclic) bond motifs is 1. The smallest absolute Gasteiger partial charge is 0.300 e. The van der Waals surface area contributed by atoms with E-state index in [0.29, 0.717) is 40.4 Å². The summed E-state index contributed by atoms with van der Waals surface area (Å²) in [4.78, 5) is 28.3. The molecular formula is C29H26ClNO6. The fourth-order valence-corrected chi connectivity index (χ4v) is 5.21. The molecule has 3 aromatic rings. The predicted octanol–water partition coefficient (Wildman–Crippen LogP) is 5.70. The first-order valence-corrected chi connectivity index (χ1v) is 12.4. The predicted molar refractivity (Wildman–Crippen MR) is 140 cm³/mol. The summed E-state index contributed by atoms with van der Waals surface area (Å²) in [6.45, 7) is 5.85. The molecule has 1 saturated heterocycles. The summed E-state index contributed by atoms with van der Waals surface area (Å²) in [5, 5.41) is 22.2. The monoisotopic (exact) mass is 519 g/mol. The number of nitrogens with zero attached hydrogens (tertiary/aromatic N) is 1. The average molecular weight is 520 g/mol. The quantitative estimate of drug-likeness (QED) is 0.255. The van der Waals surface area contributed by atoms with Crippen molar-refractivity contribution in [1.82, 2.24) is 0 Å². The van der Waals surface area contributed by atoms with E-state index in [1.54, 1.807) is 62.4 Å². The van der Waals surface area contributed by atoms with E-state index in [1.165, 1.54) is 11.0 Å². The molecule has 0 aliphatic carbocycles. The summed E-state index contributed by atoms with van der Waals surface area (Å²) in [6.07, 6.45) is 0.688. The van der Waals surface area contributed by atoms with Gasteiger partial charge in [0, 0.05) is 22.7 Å². The third-order valence-electron chi connectivity index (χ3n) is 6.63. The number of aryl methyl sites for hydroxylation is 1. The molecule has 2 aliphatic rings.